The zero-order valence-electron chi connectivity index (χ0n) is 11.3. The molecule has 0 bridgehead atoms. The maximum absolute atomic E-state index is 6.13. The van der Waals surface area contributed by atoms with Crippen molar-refractivity contribution in [1.29, 1.82) is 0 Å². The molecule has 1 fully saturated rings. The van der Waals surface area contributed by atoms with Gasteiger partial charge in [0.1, 0.15) is 5.82 Å². The maximum atomic E-state index is 6.13. The molecule has 1 aromatic rings. The Morgan fingerprint density at radius 1 is 0.947 bits per heavy atom. The van der Waals surface area contributed by atoms with Gasteiger partial charge in [-0.05, 0) is 37.4 Å². The summed E-state index contributed by atoms with van der Waals surface area (Å²) in [5.41, 5.74) is 2.46. The lowest BCUT2D eigenvalue weighted by Crippen LogP contribution is -2.27. The number of halogens is 1. The number of hydrogen-bond donors (Lipinski definition) is 1. The van der Waals surface area contributed by atoms with Gasteiger partial charge in [-0.25, -0.2) is 9.97 Å². The van der Waals surface area contributed by atoms with E-state index in [1.807, 2.05) is 0 Å². The highest BCUT2D eigenvalue weighted by Crippen LogP contribution is 2.26. The lowest BCUT2D eigenvalue weighted by Gasteiger charge is -2.25. The van der Waals surface area contributed by atoms with Crippen molar-refractivity contribution >= 4 is 17.4 Å². The van der Waals surface area contributed by atoms with Crippen molar-refractivity contribution in [3.05, 3.63) is 16.5 Å². The number of hydrogen-bond acceptors (Lipinski definition) is 4. The van der Waals surface area contributed by atoms with Crippen LogP contribution in [0.1, 0.15) is 36.9 Å². The Labute approximate surface area is 119 Å². The molecule has 3 heterocycles. The van der Waals surface area contributed by atoms with Crippen molar-refractivity contribution in [1.82, 2.24) is 15.3 Å². The quantitative estimate of drug-likeness (QED) is 0.801. The van der Waals surface area contributed by atoms with E-state index in [9.17, 15) is 0 Å². The SMILES string of the molecule is Clc1nc2c(c(N3CCCCCC3)n1)CCNCC2. The molecule has 0 radical (unpaired) electrons. The third-order valence-electron chi connectivity index (χ3n) is 4.04. The molecule has 0 aromatic carbocycles. The molecule has 0 amide bonds. The number of nitrogens with one attached hydrogen (secondary N) is 1. The fraction of sp³-hybridized carbons (Fsp3) is 0.714. The van der Waals surface area contributed by atoms with Crippen LogP contribution in [0.5, 0.6) is 0 Å². The van der Waals surface area contributed by atoms with Crippen molar-refractivity contribution in [3.8, 4) is 0 Å². The summed E-state index contributed by atoms with van der Waals surface area (Å²) in [6.45, 7) is 4.21. The van der Waals surface area contributed by atoms with E-state index in [-0.39, 0.29) is 0 Å². The van der Waals surface area contributed by atoms with Crippen LogP contribution >= 0.6 is 11.6 Å². The van der Waals surface area contributed by atoms with Crippen LogP contribution in [0.2, 0.25) is 5.28 Å². The highest BCUT2D eigenvalue weighted by Gasteiger charge is 2.21. The number of anilines is 1. The van der Waals surface area contributed by atoms with Crippen LogP contribution in [-0.2, 0) is 12.8 Å². The van der Waals surface area contributed by atoms with Crippen LogP contribution in [0.25, 0.3) is 0 Å². The average molecular weight is 281 g/mol. The summed E-state index contributed by atoms with van der Waals surface area (Å²) < 4.78 is 0. The fourth-order valence-corrected chi connectivity index (χ4v) is 3.22. The fourth-order valence-electron chi connectivity index (χ4n) is 3.04. The van der Waals surface area contributed by atoms with Crippen molar-refractivity contribution in [2.45, 2.75) is 38.5 Å². The van der Waals surface area contributed by atoms with Crippen LogP contribution in [0.4, 0.5) is 5.82 Å². The van der Waals surface area contributed by atoms with E-state index < -0.39 is 0 Å². The first-order chi connectivity index (χ1) is 9.34. The van der Waals surface area contributed by atoms with Gasteiger partial charge in [-0.2, -0.15) is 0 Å². The first kappa shape index (κ1) is 13.1. The Bertz CT molecular complexity index is 441. The Balaban J connectivity index is 1.96. The van der Waals surface area contributed by atoms with Gasteiger partial charge in [0.2, 0.25) is 5.28 Å². The molecule has 0 spiro atoms. The maximum Gasteiger partial charge on any atom is 0.224 e. The van der Waals surface area contributed by atoms with E-state index in [0.29, 0.717) is 5.28 Å². The lowest BCUT2D eigenvalue weighted by atomic mass is 10.1. The molecule has 0 aliphatic carbocycles. The predicted octanol–water partition coefficient (Wildman–Crippen LogP) is 2.20. The van der Waals surface area contributed by atoms with E-state index >= 15 is 0 Å². The topological polar surface area (TPSA) is 41.1 Å². The molecule has 104 valence electrons. The van der Waals surface area contributed by atoms with Gasteiger partial charge in [-0.15, -0.1) is 0 Å². The number of nitrogens with zero attached hydrogens (tertiary/aromatic N) is 3. The van der Waals surface area contributed by atoms with Crippen molar-refractivity contribution in [3.63, 3.8) is 0 Å². The highest BCUT2D eigenvalue weighted by molar-refractivity contribution is 6.28. The molecular weight excluding hydrogens is 260 g/mol. The van der Waals surface area contributed by atoms with Crippen molar-refractivity contribution in [2.75, 3.05) is 31.1 Å². The van der Waals surface area contributed by atoms with Crippen molar-refractivity contribution < 1.29 is 0 Å². The summed E-state index contributed by atoms with van der Waals surface area (Å²) >= 11 is 6.13. The van der Waals surface area contributed by atoms with Gasteiger partial charge in [-0.1, -0.05) is 12.8 Å². The van der Waals surface area contributed by atoms with Crippen LogP contribution < -0.4 is 10.2 Å². The third kappa shape index (κ3) is 3.00. The van der Waals surface area contributed by atoms with E-state index in [1.165, 1.54) is 31.2 Å². The van der Waals surface area contributed by atoms with Gasteiger partial charge in [0.05, 0.1) is 5.69 Å². The lowest BCUT2D eigenvalue weighted by molar-refractivity contribution is 0.707. The normalized spacial score (nSPS) is 20.6. The predicted molar refractivity (Wildman–Crippen MR) is 78.0 cm³/mol. The minimum atomic E-state index is 0.403. The third-order valence-corrected chi connectivity index (χ3v) is 4.21. The minimum Gasteiger partial charge on any atom is -0.356 e. The second kappa shape index (κ2) is 6.06. The number of aromatic nitrogens is 2. The summed E-state index contributed by atoms with van der Waals surface area (Å²) in [7, 11) is 0. The van der Waals surface area contributed by atoms with Crippen LogP contribution in [0, 0.1) is 0 Å². The molecule has 4 nitrogen and oxygen atoms in total. The molecule has 19 heavy (non-hydrogen) atoms. The van der Waals surface area contributed by atoms with E-state index in [2.05, 4.69) is 20.2 Å². The molecule has 1 saturated heterocycles. The largest absolute Gasteiger partial charge is 0.356 e. The van der Waals surface area contributed by atoms with Gasteiger partial charge in [-0.3, -0.25) is 0 Å². The monoisotopic (exact) mass is 280 g/mol. The standard InChI is InChI=1S/C14H21ClN4/c15-14-17-12-6-8-16-7-5-11(12)13(18-14)19-9-3-1-2-4-10-19/h16H,1-10H2. The highest BCUT2D eigenvalue weighted by atomic mass is 35.5. The Morgan fingerprint density at radius 3 is 2.47 bits per heavy atom. The minimum absolute atomic E-state index is 0.403. The summed E-state index contributed by atoms with van der Waals surface area (Å²) in [5, 5.41) is 3.83. The molecule has 1 N–H and O–H groups in total. The molecule has 0 saturated carbocycles. The Morgan fingerprint density at radius 2 is 1.68 bits per heavy atom. The van der Waals surface area contributed by atoms with E-state index in [0.717, 1.165) is 50.5 Å². The molecule has 2 aliphatic rings. The van der Waals surface area contributed by atoms with Crippen LogP contribution in [0.15, 0.2) is 0 Å². The first-order valence-electron chi connectivity index (χ1n) is 7.35. The molecule has 2 aliphatic heterocycles. The zero-order valence-corrected chi connectivity index (χ0v) is 12.0. The van der Waals surface area contributed by atoms with E-state index in [1.54, 1.807) is 0 Å². The van der Waals surface area contributed by atoms with Gasteiger partial charge < -0.3 is 10.2 Å². The molecular formula is C14H21ClN4. The molecule has 1 aromatic heterocycles. The zero-order chi connectivity index (χ0) is 13.1. The smallest absolute Gasteiger partial charge is 0.224 e. The Kier molecular flexibility index (Phi) is 4.18. The summed E-state index contributed by atoms with van der Waals surface area (Å²) in [4.78, 5) is 11.4. The first-order valence-corrected chi connectivity index (χ1v) is 7.73. The number of fused-ring (bicyclic) bond motifs is 1. The Hall–Kier alpha value is -0.870. The average Bonchev–Trinajstić information content (AvgIpc) is 2.79. The van der Waals surface area contributed by atoms with Gasteiger partial charge in [0.15, 0.2) is 0 Å². The van der Waals surface area contributed by atoms with Crippen LogP contribution in [-0.4, -0.2) is 36.1 Å². The van der Waals surface area contributed by atoms with Crippen LogP contribution in [0.3, 0.4) is 0 Å². The van der Waals surface area contributed by atoms with Gasteiger partial charge >= 0.3 is 0 Å². The summed E-state index contributed by atoms with van der Waals surface area (Å²) in [6, 6.07) is 0. The number of rotatable bonds is 1. The van der Waals surface area contributed by atoms with Crippen molar-refractivity contribution in [2.24, 2.45) is 0 Å². The molecule has 3 rings (SSSR count). The summed E-state index contributed by atoms with van der Waals surface area (Å²) in [6.07, 6.45) is 7.15. The second-order valence-electron chi connectivity index (χ2n) is 5.39. The van der Waals surface area contributed by atoms with Gasteiger partial charge in [0, 0.05) is 31.6 Å². The van der Waals surface area contributed by atoms with Gasteiger partial charge in [0.25, 0.3) is 0 Å². The molecule has 0 unspecified atom stereocenters. The molecule has 0 atom stereocenters. The molecule has 5 heteroatoms. The summed E-state index contributed by atoms with van der Waals surface area (Å²) in [5.74, 6) is 1.10. The second-order valence-corrected chi connectivity index (χ2v) is 5.73. The van der Waals surface area contributed by atoms with E-state index in [4.69, 9.17) is 11.6 Å².